The molecular weight excluding hydrogens is 230 g/mol. The van der Waals surface area contributed by atoms with Crippen LogP contribution in [0.15, 0.2) is 0 Å². The first kappa shape index (κ1) is 15.0. The first-order chi connectivity index (χ1) is 8.65. The lowest BCUT2D eigenvalue weighted by atomic mass is 9.84. The third-order valence-electron chi connectivity index (χ3n) is 3.43. The molecule has 1 saturated carbocycles. The van der Waals surface area contributed by atoms with Crippen LogP contribution < -0.4 is 5.32 Å². The van der Waals surface area contributed by atoms with Gasteiger partial charge in [-0.05, 0) is 26.2 Å². The summed E-state index contributed by atoms with van der Waals surface area (Å²) in [5.74, 6) is -0.208. The van der Waals surface area contributed by atoms with Gasteiger partial charge < -0.3 is 10.1 Å². The molecule has 1 unspecified atom stereocenters. The van der Waals surface area contributed by atoms with Crippen molar-refractivity contribution < 1.29 is 14.3 Å². The highest BCUT2D eigenvalue weighted by atomic mass is 16.5. The normalized spacial score (nSPS) is 16.8. The maximum atomic E-state index is 11.6. The third kappa shape index (κ3) is 5.07. The standard InChI is InChI=1S/C14H25NO3/c1-3-4-5-6-10-18-14(17)11(2)15-13(16)12-8-7-9-12/h11-12H,3-10H2,1-2H3,(H,15,16). The molecule has 1 fully saturated rings. The minimum Gasteiger partial charge on any atom is -0.464 e. The van der Waals surface area contributed by atoms with E-state index in [1.165, 1.54) is 12.8 Å². The summed E-state index contributed by atoms with van der Waals surface area (Å²) in [5, 5.41) is 2.72. The maximum absolute atomic E-state index is 11.6. The van der Waals surface area contributed by atoms with E-state index in [1.54, 1.807) is 6.92 Å². The summed E-state index contributed by atoms with van der Waals surface area (Å²) in [6.07, 6.45) is 7.35. The smallest absolute Gasteiger partial charge is 0.328 e. The number of unbranched alkanes of at least 4 members (excludes halogenated alkanes) is 3. The summed E-state index contributed by atoms with van der Waals surface area (Å²) in [4.78, 5) is 23.2. The molecule has 1 N–H and O–H groups in total. The number of nitrogens with one attached hydrogen (secondary N) is 1. The zero-order valence-electron chi connectivity index (χ0n) is 11.5. The van der Waals surface area contributed by atoms with Crippen LogP contribution in [0.2, 0.25) is 0 Å². The Morgan fingerprint density at radius 1 is 1.28 bits per heavy atom. The van der Waals surface area contributed by atoms with Gasteiger partial charge in [0, 0.05) is 5.92 Å². The fraction of sp³-hybridized carbons (Fsp3) is 0.857. The summed E-state index contributed by atoms with van der Waals surface area (Å²) in [5.41, 5.74) is 0. The molecule has 4 nitrogen and oxygen atoms in total. The summed E-state index contributed by atoms with van der Waals surface area (Å²) in [6, 6.07) is -0.524. The van der Waals surface area contributed by atoms with E-state index in [0.717, 1.165) is 32.1 Å². The molecule has 18 heavy (non-hydrogen) atoms. The first-order valence-corrected chi connectivity index (χ1v) is 7.12. The highest BCUT2D eigenvalue weighted by Crippen LogP contribution is 2.26. The van der Waals surface area contributed by atoms with Crippen LogP contribution in [0.5, 0.6) is 0 Å². The van der Waals surface area contributed by atoms with Gasteiger partial charge in [-0.25, -0.2) is 4.79 Å². The van der Waals surface area contributed by atoms with Crippen LogP contribution in [-0.4, -0.2) is 24.5 Å². The van der Waals surface area contributed by atoms with E-state index in [2.05, 4.69) is 12.2 Å². The van der Waals surface area contributed by atoms with Crippen molar-refractivity contribution in [1.82, 2.24) is 5.32 Å². The van der Waals surface area contributed by atoms with Gasteiger partial charge in [-0.2, -0.15) is 0 Å². The van der Waals surface area contributed by atoms with E-state index < -0.39 is 6.04 Å². The van der Waals surface area contributed by atoms with E-state index >= 15 is 0 Å². The zero-order chi connectivity index (χ0) is 13.4. The maximum Gasteiger partial charge on any atom is 0.328 e. The quantitative estimate of drug-likeness (QED) is 0.535. The van der Waals surface area contributed by atoms with Gasteiger partial charge in [0.2, 0.25) is 5.91 Å². The van der Waals surface area contributed by atoms with E-state index in [9.17, 15) is 9.59 Å². The second-order valence-corrected chi connectivity index (χ2v) is 5.09. The topological polar surface area (TPSA) is 55.4 Å². The van der Waals surface area contributed by atoms with E-state index in [4.69, 9.17) is 4.74 Å². The second-order valence-electron chi connectivity index (χ2n) is 5.09. The summed E-state index contributed by atoms with van der Waals surface area (Å²) in [6.45, 7) is 4.29. The number of carbonyl (C=O) groups excluding carboxylic acids is 2. The molecule has 0 bridgehead atoms. The lowest BCUT2D eigenvalue weighted by molar-refractivity contribution is -0.148. The van der Waals surface area contributed by atoms with Crippen LogP contribution in [0.1, 0.15) is 58.8 Å². The average Bonchev–Trinajstić information content (AvgIpc) is 2.25. The van der Waals surface area contributed by atoms with Crippen LogP contribution >= 0.6 is 0 Å². The molecule has 1 aliphatic carbocycles. The fourth-order valence-corrected chi connectivity index (χ4v) is 1.89. The number of ether oxygens (including phenoxy) is 1. The third-order valence-corrected chi connectivity index (χ3v) is 3.43. The Morgan fingerprint density at radius 2 is 2.00 bits per heavy atom. The molecule has 0 aromatic carbocycles. The van der Waals surface area contributed by atoms with Crippen molar-refractivity contribution in [3.63, 3.8) is 0 Å². The molecule has 1 atom stereocenters. The first-order valence-electron chi connectivity index (χ1n) is 7.12. The highest BCUT2D eigenvalue weighted by Gasteiger charge is 2.27. The SMILES string of the molecule is CCCCCCOC(=O)C(C)NC(=O)C1CCC1. The second kappa shape index (κ2) is 8.11. The number of hydrogen-bond donors (Lipinski definition) is 1. The van der Waals surface area contributed by atoms with Crippen LogP contribution in [0.4, 0.5) is 0 Å². The minimum atomic E-state index is -0.524. The Hall–Kier alpha value is -1.06. The van der Waals surface area contributed by atoms with Crippen molar-refractivity contribution >= 4 is 11.9 Å². The van der Waals surface area contributed by atoms with Gasteiger partial charge in [0.1, 0.15) is 6.04 Å². The molecule has 0 aliphatic heterocycles. The van der Waals surface area contributed by atoms with Gasteiger partial charge in [0.05, 0.1) is 6.61 Å². The van der Waals surface area contributed by atoms with Crippen LogP contribution in [-0.2, 0) is 14.3 Å². The molecule has 104 valence electrons. The van der Waals surface area contributed by atoms with Crippen molar-refractivity contribution in [3.05, 3.63) is 0 Å². The molecular formula is C14H25NO3. The lowest BCUT2D eigenvalue weighted by Crippen LogP contribution is -2.44. The molecule has 1 amide bonds. The monoisotopic (exact) mass is 255 g/mol. The Balaban J connectivity index is 2.10. The number of hydrogen-bond acceptors (Lipinski definition) is 3. The predicted molar refractivity (Wildman–Crippen MR) is 70.0 cm³/mol. The van der Waals surface area contributed by atoms with Crippen LogP contribution in [0, 0.1) is 5.92 Å². The van der Waals surface area contributed by atoms with Crippen molar-refractivity contribution in [2.45, 2.75) is 64.8 Å². The summed E-state index contributed by atoms with van der Waals surface area (Å²) < 4.78 is 5.13. The van der Waals surface area contributed by atoms with Gasteiger partial charge in [0.25, 0.3) is 0 Å². The molecule has 0 spiro atoms. The van der Waals surface area contributed by atoms with Gasteiger partial charge >= 0.3 is 5.97 Å². The molecule has 0 radical (unpaired) electrons. The Kier molecular flexibility index (Phi) is 6.76. The molecule has 1 aliphatic rings. The number of rotatable bonds is 8. The molecule has 1 rings (SSSR count). The van der Waals surface area contributed by atoms with E-state index in [-0.39, 0.29) is 17.8 Å². The Labute approximate surface area is 109 Å². The van der Waals surface area contributed by atoms with Crippen molar-refractivity contribution in [3.8, 4) is 0 Å². The van der Waals surface area contributed by atoms with Crippen LogP contribution in [0.25, 0.3) is 0 Å². The average molecular weight is 255 g/mol. The van der Waals surface area contributed by atoms with E-state index in [1.807, 2.05) is 0 Å². The van der Waals surface area contributed by atoms with Gasteiger partial charge in [-0.1, -0.05) is 32.6 Å². The summed E-state index contributed by atoms with van der Waals surface area (Å²) >= 11 is 0. The number of esters is 1. The molecule has 4 heteroatoms. The van der Waals surface area contributed by atoms with Crippen LogP contribution in [0.3, 0.4) is 0 Å². The fourth-order valence-electron chi connectivity index (χ4n) is 1.89. The predicted octanol–water partition coefficient (Wildman–Crippen LogP) is 2.41. The summed E-state index contributed by atoms with van der Waals surface area (Å²) in [7, 11) is 0. The number of amides is 1. The zero-order valence-corrected chi connectivity index (χ0v) is 11.5. The van der Waals surface area contributed by atoms with Crippen molar-refractivity contribution in [2.75, 3.05) is 6.61 Å². The molecule has 0 saturated heterocycles. The number of carbonyl (C=O) groups is 2. The molecule has 0 heterocycles. The van der Waals surface area contributed by atoms with Gasteiger partial charge in [-0.15, -0.1) is 0 Å². The Morgan fingerprint density at radius 3 is 2.56 bits per heavy atom. The van der Waals surface area contributed by atoms with Gasteiger partial charge in [-0.3, -0.25) is 4.79 Å². The molecule has 0 aromatic rings. The molecule has 0 aromatic heterocycles. The van der Waals surface area contributed by atoms with E-state index in [0.29, 0.717) is 6.61 Å². The lowest BCUT2D eigenvalue weighted by Gasteiger charge is -2.25. The van der Waals surface area contributed by atoms with Gasteiger partial charge in [0.15, 0.2) is 0 Å². The minimum absolute atomic E-state index is 0.00307. The van der Waals surface area contributed by atoms with Crippen molar-refractivity contribution in [2.24, 2.45) is 5.92 Å². The largest absolute Gasteiger partial charge is 0.464 e. The van der Waals surface area contributed by atoms with Crippen molar-refractivity contribution in [1.29, 1.82) is 0 Å². The highest BCUT2D eigenvalue weighted by molar-refractivity contribution is 5.85. The Bertz CT molecular complexity index is 274.